The number of nitrogens with one attached hydrogen (secondary N) is 4. The normalized spacial score (nSPS) is 12.6. The number of carbonyl (C=O) groups is 4. The minimum atomic E-state index is -1.26. The Morgan fingerprint density at radius 3 is 2.26 bits per heavy atom. The van der Waals surface area contributed by atoms with Gasteiger partial charge in [-0.15, -0.1) is 0 Å². The Morgan fingerprint density at radius 2 is 1.67 bits per heavy atom. The average molecular weight is 393 g/mol. The first-order valence-electron chi connectivity index (χ1n) is 8.11. The molecule has 2 unspecified atom stereocenters. The van der Waals surface area contributed by atoms with Gasteiger partial charge in [0.15, 0.2) is 0 Å². The number of imide groups is 1. The largest absolute Gasteiger partial charge is 0.394 e. The molecule has 0 aliphatic rings. The first-order chi connectivity index (χ1) is 12.8. The highest BCUT2D eigenvalue weighted by Crippen LogP contribution is 1.85. The minimum absolute atomic E-state index is 0.100. The number of hydrogen-bond donors (Lipinski definition) is 7. The molecule has 0 fully saturated rings. The lowest BCUT2D eigenvalue weighted by molar-refractivity contribution is -0.127. The van der Waals surface area contributed by atoms with Crippen molar-refractivity contribution in [3.8, 4) is 0 Å². The fourth-order valence-electron chi connectivity index (χ4n) is 1.62. The van der Waals surface area contributed by atoms with Gasteiger partial charge in [0.25, 0.3) is 0 Å². The number of ether oxygens (including phenoxy) is 2. The molecule has 27 heavy (non-hydrogen) atoms. The molecule has 0 aromatic carbocycles. The lowest BCUT2D eigenvalue weighted by Gasteiger charge is -2.16. The lowest BCUT2D eigenvalue weighted by Crippen LogP contribution is -2.53. The highest BCUT2D eigenvalue weighted by Gasteiger charge is 2.19. The number of aliphatic hydroxyl groups excluding tert-OH is 2. The third-order valence-corrected chi connectivity index (χ3v) is 2.87. The van der Waals surface area contributed by atoms with Crippen LogP contribution in [0.1, 0.15) is 6.92 Å². The molecule has 0 spiro atoms. The predicted molar refractivity (Wildman–Crippen MR) is 91.5 cm³/mol. The van der Waals surface area contributed by atoms with Gasteiger partial charge in [0.2, 0.25) is 11.8 Å². The van der Waals surface area contributed by atoms with Crippen molar-refractivity contribution in [1.82, 2.24) is 21.3 Å². The van der Waals surface area contributed by atoms with E-state index >= 15 is 0 Å². The van der Waals surface area contributed by atoms with Crippen molar-refractivity contribution in [2.24, 2.45) is 5.73 Å². The molecule has 6 amide bonds. The van der Waals surface area contributed by atoms with Gasteiger partial charge in [0, 0.05) is 12.6 Å². The van der Waals surface area contributed by atoms with E-state index in [0.717, 1.165) is 0 Å². The van der Waals surface area contributed by atoms with Crippen LogP contribution in [0.2, 0.25) is 0 Å². The van der Waals surface area contributed by atoms with Crippen molar-refractivity contribution in [3.63, 3.8) is 0 Å². The zero-order valence-electron chi connectivity index (χ0n) is 15.0. The average Bonchev–Trinajstić information content (AvgIpc) is 2.60. The van der Waals surface area contributed by atoms with Crippen LogP contribution in [0.3, 0.4) is 0 Å². The SMILES string of the molecule is CC(CO)NC(=O)COCCOCCNC(=O)C(CO)NC(=O)NC(N)=O. The Kier molecular flexibility index (Phi) is 13.3. The zero-order chi connectivity index (χ0) is 20.7. The summed E-state index contributed by atoms with van der Waals surface area (Å²) < 4.78 is 10.2. The molecule has 0 saturated heterocycles. The van der Waals surface area contributed by atoms with E-state index in [1.807, 2.05) is 0 Å². The number of aliphatic hydroxyl groups is 2. The number of carbonyl (C=O) groups excluding carboxylic acids is 4. The van der Waals surface area contributed by atoms with Crippen molar-refractivity contribution >= 4 is 23.9 Å². The van der Waals surface area contributed by atoms with Crippen molar-refractivity contribution in [3.05, 3.63) is 0 Å². The van der Waals surface area contributed by atoms with Gasteiger partial charge < -0.3 is 41.4 Å². The Hall–Kier alpha value is -2.48. The van der Waals surface area contributed by atoms with Crippen LogP contribution in [0.25, 0.3) is 0 Å². The van der Waals surface area contributed by atoms with Crippen LogP contribution in [0, 0.1) is 0 Å². The molecule has 0 aromatic heterocycles. The van der Waals surface area contributed by atoms with Crippen LogP contribution in [0.4, 0.5) is 9.59 Å². The van der Waals surface area contributed by atoms with Gasteiger partial charge in [-0.3, -0.25) is 14.9 Å². The number of amides is 6. The summed E-state index contributed by atoms with van der Waals surface area (Å²) in [4.78, 5) is 44.8. The standard InChI is InChI=1S/C14H27N5O8/c1-9(6-20)17-11(22)8-27-5-4-26-3-2-16-12(23)10(7-21)18-14(25)19-13(15)24/h9-10,20-21H,2-8H2,1H3,(H,16,23)(H,17,22)(H4,15,18,19,24,25). The van der Waals surface area contributed by atoms with E-state index in [0.29, 0.717) is 0 Å². The van der Waals surface area contributed by atoms with Crippen molar-refractivity contribution in [2.75, 3.05) is 46.2 Å². The molecular formula is C14H27N5O8. The molecule has 0 bridgehead atoms. The second-order valence-electron chi connectivity index (χ2n) is 5.30. The number of primary amides is 1. The number of hydrogen-bond acceptors (Lipinski definition) is 8. The maximum Gasteiger partial charge on any atom is 0.323 e. The second kappa shape index (κ2) is 14.7. The first-order valence-corrected chi connectivity index (χ1v) is 8.11. The Balaban J connectivity index is 3.76. The van der Waals surface area contributed by atoms with E-state index in [2.05, 4.69) is 16.0 Å². The fourth-order valence-corrected chi connectivity index (χ4v) is 1.62. The highest BCUT2D eigenvalue weighted by molar-refractivity contribution is 5.95. The van der Waals surface area contributed by atoms with Crippen LogP contribution in [0.15, 0.2) is 0 Å². The van der Waals surface area contributed by atoms with Crippen LogP contribution in [0.5, 0.6) is 0 Å². The molecule has 13 nitrogen and oxygen atoms in total. The fraction of sp³-hybridized carbons (Fsp3) is 0.714. The molecular weight excluding hydrogens is 366 g/mol. The molecule has 0 saturated carbocycles. The van der Waals surface area contributed by atoms with E-state index in [4.69, 9.17) is 25.4 Å². The van der Waals surface area contributed by atoms with Crippen LogP contribution < -0.4 is 27.0 Å². The van der Waals surface area contributed by atoms with Gasteiger partial charge in [-0.1, -0.05) is 0 Å². The van der Waals surface area contributed by atoms with Gasteiger partial charge in [-0.05, 0) is 6.92 Å². The van der Waals surface area contributed by atoms with Gasteiger partial charge in [-0.2, -0.15) is 0 Å². The molecule has 0 radical (unpaired) electrons. The summed E-state index contributed by atoms with van der Waals surface area (Å²) >= 11 is 0. The third kappa shape index (κ3) is 13.4. The monoisotopic (exact) mass is 393 g/mol. The van der Waals surface area contributed by atoms with Crippen LogP contribution in [-0.4, -0.2) is 92.4 Å². The van der Waals surface area contributed by atoms with E-state index in [1.165, 1.54) is 0 Å². The lowest BCUT2D eigenvalue weighted by atomic mass is 10.3. The molecule has 0 aliphatic heterocycles. The van der Waals surface area contributed by atoms with E-state index in [1.54, 1.807) is 12.2 Å². The summed E-state index contributed by atoms with van der Waals surface area (Å²) in [6, 6.07) is -3.71. The maximum atomic E-state index is 11.7. The second-order valence-corrected chi connectivity index (χ2v) is 5.30. The summed E-state index contributed by atoms with van der Waals surface area (Å²) in [5, 5.41) is 26.6. The van der Waals surface area contributed by atoms with Gasteiger partial charge in [-0.25, -0.2) is 9.59 Å². The van der Waals surface area contributed by atoms with Crippen molar-refractivity contribution in [1.29, 1.82) is 0 Å². The Bertz CT molecular complexity index is 490. The Morgan fingerprint density at radius 1 is 1.00 bits per heavy atom. The molecule has 0 aromatic rings. The molecule has 156 valence electrons. The van der Waals surface area contributed by atoms with E-state index in [-0.39, 0.29) is 51.5 Å². The zero-order valence-corrected chi connectivity index (χ0v) is 15.0. The molecule has 0 rings (SSSR count). The smallest absolute Gasteiger partial charge is 0.323 e. The molecule has 8 N–H and O–H groups in total. The van der Waals surface area contributed by atoms with E-state index in [9.17, 15) is 19.2 Å². The number of nitrogens with two attached hydrogens (primary N) is 1. The summed E-state index contributed by atoms with van der Waals surface area (Å²) in [6.45, 7) is 1.21. The molecule has 0 heterocycles. The van der Waals surface area contributed by atoms with Crippen molar-refractivity contribution in [2.45, 2.75) is 19.0 Å². The molecule has 13 heteroatoms. The first kappa shape index (κ1) is 24.5. The summed E-state index contributed by atoms with van der Waals surface area (Å²) in [7, 11) is 0. The van der Waals surface area contributed by atoms with Crippen molar-refractivity contribution < 1.29 is 38.9 Å². The van der Waals surface area contributed by atoms with Gasteiger partial charge >= 0.3 is 12.1 Å². The third-order valence-electron chi connectivity index (χ3n) is 2.87. The number of urea groups is 2. The molecule has 2 atom stereocenters. The van der Waals surface area contributed by atoms with Crippen LogP contribution in [-0.2, 0) is 19.1 Å². The quantitative estimate of drug-likeness (QED) is 0.155. The topological polar surface area (TPSA) is 201 Å². The Labute approximate surface area is 155 Å². The summed E-state index contributed by atoms with van der Waals surface area (Å²) in [5.41, 5.74) is 4.75. The van der Waals surface area contributed by atoms with Crippen LogP contribution >= 0.6 is 0 Å². The highest BCUT2D eigenvalue weighted by atomic mass is 16.5. The maximum absolute atomic E-state index is 11.7. The van der Waals surface area contributed by atoms with Gasteiger partial charge in [0.1, 0.15) is 12.6 Å². The summed E-state index contributed by atoms with van der Waals surface area (Å²) in [5.74, 6) is -1.03. The number of rotatable bonds is 13. The predicted octanol–water partition coefficient (Wildman–Crippen LogP) is -3.63. The molecule has 0 aliphatic carbocycles. The minimum Gasteiger partial charge on any atom is -0.394 e. The summed E-state index contributed by atoms with van der Waals surface area (Å²) in [6.07, 6.45) is 0. The van der Waals surface area contributed by atoms with E-state index < -0.39 is 30.6 Å². The van der Waals surface area contributed by atoms with Gasteiger partial charge in [0.05, 0.1) is 33.0 Å².